The number of hydrogen-bond donors (Lipinski definition) is 0. The van der Waals surface area contributed by atoms with Crippen LogP contribution in [0.3, 0.4) is 0 Å². The van der Waals surface area contributed by atoms with Crippen molar-refractivity contribution in [2.75, 3.05) is 18.0 Å². The van der Waals surface area contributed by atoms with Crippen LogP contribution in [0.2, 0.25) is 0 Å². The topological polar surface area (TPSA) is 117 Å². The van der Waals surface area contributed by atoms with E-state index in [1.165, 1.54) is 6.33 Å². The van der Waals surface area contributed by atoms with Gasteiger partial charge in [0.05, 0.1) is 17.0 Å². The Morgan fingerprint density at radius 2 is 1.97 bits per heavy atom. The number of piperazine rings is 1. The molecule has 0 radical (unpaired) electrons. The third-order valence-electron chi connectivity index (χ3n) is 5.73. The van der Waals surface area contributed by atoms with Crippen molar-refractivity contribution in [2.45, 2.75) is 52.3 Å². The van der Waals surface area contributed by atoms with E-state index in [4.69, 9.17) is 4.74 Å². The van der Waals surface area contributed by atoms with E-state index >= 15 is 0 Å². The molecule has 0 aliphatic carbocycles. The number of fused-ring (bicyclic) bond motifs is 1. The highest BCUT2D eigenvalue weighted by atomic mass is 16.6. The van der Waals surface area contributed by atoms with Gasteiger partial charge < -0.3 is 14.5 Å². The molecular formula is C24H27N7O3. The Hall–Kier alpha value is -4.00. The average molecular weight is 462 g/mol. The van der Waals surface area contributed by atoms with Crippen LogP contribution >= 0.6 is 0 Å². The van der Waals surface area contributed by atoms with Crippen molar-refractivity contribution < 1.29 is 14.3 Å². The number of ether oxygens (including phenoxy) is 1. The van der Waals surface area contributed by atoms with Crippen molar-refractivity contribution >= 4 is 29.2 Å². The van der Waals surface area contributed by atoms with Gasteiger partial charge in [-0.1, -0.05) is 0 Å². The van der Waals surface area contributed by atoms with Crippen molar-refractivity contribution in [1.82, 2.24) is 24.4 Å². The van der Waals surface area contributed by atoms with Gasteiger partial charge in [-0.2, -0.15) is 5.26 Å². The number of rotatable bonds is 3. The maximum atomic E-state index is 12.7. The molecule has 0 spiro atoms. The summed E-state index contributed by atoms with van der Waals surface area (Å²) in [6.45, 7) is 10.5. The van der Waals surface area contributed by atoms with Gasteiger partial charge in [0.1, 0.15) is 23.6 Å². The van der Waals surface area contributed by atoms with Gasteiger partial charge in [-0.05, 0) is 46.8 Å². The number of aromatic nitrogens is 4. The second-order valence-electron chi connectivity index (χ2n) is 9.47. The molecule has 0 N–H and O–H groups in total. The van der Waals surface area contributed by atoms with E-state index in [0.717, 1.165) is 6.29 Å². The molecule has 1 amide bonds. The van der Waals surface area contributed by atoms with Gasteiger partial charge in [-0.25, -0.2) is 19.7 Å². The fraction of sp³-hybridized carbons (Fsp3) is 0.417. The van der Waals surface area contributed by atoms with Crippen LogP contribution in [0.25, 0.3) is 16.9 Å². The average Bonchev–Trinajstić information content (AvgIpc) is 3.18. The molecule has 2 unspecified atom stereocenters. The number of hydrogen-bond acceptors (Lipinski definition) is 8. The van der Waals surface area contributed by atoms with E-state index in [9.17, 15) is 14.9 Å². The number of nitriles is 1. The largest absolute Gasteiger partial charge is 0.444 e. The first kappa shape index (κ1) is 23.2. The zero-order chi connectivity index (χ0) is 24.6. The number of nitrogens with zero attached hydrogens (tertiary/aromatic N) is 7. The van der Waals surface area contributed by atoms with Crippen molar-refractivity contribution in [1.29, 1.82) is 5.26 Å². The smallest absolute Gasteiger partial charge is 0.410 e. The summed E-state index contributed by atoms with van der Waals surface area (Å²) in [5, 5.41) is 9.86. The lowest BCUT2D eigenvalue weighted by molar-refractivity contribution is 0.0130. The maximum Gasteiger partial charge on any atom is 0.410 e. The number of anilines is 1. The number of carbonyl (C=O) groups excluding carboxylic acids is 2. The second kappa shape index (κ2) is 8.74. The zero-order valence-electron chi connectivity index (χ0n) is 19.9. The minimum atomic E-state index is -0.575. The minimum Gasteiger partial charge on any atom is -0.444 e. The van der Waals surface area contributed by atoms with E-state index in [1.54, 1.807) is 34.0 Å². The molecule has 34 heavy (non-hydrogen) atoms. The van der Waals surface area contributed by atoms with Gasteiger partial charge in [0.15, 0.2) is 11.9 Å². The Labute approximate surface area is 197 Å². The summed E-state index contributed by atoms with van der Waals surface area (Å²) in [5.41, 5.74) is 0.817. The Morgan fingerprint density at radius 1 is 1.21 bits per heavy atom. The summed E-state index contributed by atoms with van der Waals surface area (Å²) >= 11 is 0. The van der Waals surface area contributed by atoms with E-state index in [2.05, 4.69) is 25.9 Å². The molecule has 1 fully saturated rings. The quantitative estimate of drug-likeness (QED) is 0.545. The molecule has 1 aliphatic rings. The van der Waals surface area contributed by atoms with Crippen molar-refractivity contribution in [3.63, 3.8) is 0 Å². The predicted octanol–water partition coefficient (Wildman–Crippen LogP) is 3.33. The summed E-state index contributed by atoms with van der Waals surface area (Å²) in [7, 11) is 0. The molecule has 10 heteroatoms. The fourth-order valence-corrected chi connectivity index (χ4v) is 4.17. The summed E-state index contributed by atoms with van der Waals surface area (Å²) in [6, 6.07) is 5.14. The van der Waals surface area contributed by atoms with Crippen LogP contribution in [0.5, 0.6) is 0 Å². The third kappa shape index (κ3) is 4.29. The zero-order valence-corrected chi connectivity index (χ0v) is 19.9. The fourth-order valence-electron chi connectivity index (χ4n) is 4.17. The Bertz CT molecular complexity index is 1290. The molecule has 4 rings (SSSR count). The molecule has 3 aromatic heterocycles. The van der Waals surface area contributed by atoms with Gasteiger partial charge in [0, 0.05) is 43.1 Å². The lowest BCUT2D eigenvalue weighted by atomic mass is 10.1. The molecule has 0 saturated carbocycles. The number of aldehydes is 1. The molecule has 10 nitrogen and oxygen atoms in total. The summed E-state index contributed by atoms with van der Waals surface area (Å²) in [5.74, 6) is 1.10. The third-order valence-corrected chi connectivity index (χ3v) is 5.73. The van der Waals surface area contributed by atoms with Crippen LogP contribution in [0.15, 0.2) is 30.9 Å². The van der Waals surface area contributed by atoms with Gasteiger partial charge in [0.2, 0.25) is 0 Å². The Balaban J connectivity index is 1.73. The van der Waals surface area contributed by atoms with Crippen LogP contribution in [-0.2, 0) is 4.74 Å². The maximum absolute atomic E-state index is 12.7. The highest BCUT2D eigenvalue weighted by Gasteiger charge is 2.36. The van der Waals surface area contributed by atoms with Crippen LogP contribution in [0.1, 0.15) is 50.5 Å². The van der Waals surface area contributed by atoms with Crippen LogP contribution < -0.4 is 4.90 Å². The van der Waals surface area contributed by atoms with E-state index in [1.807, 2.05) is 34.6 Å². The standard InChI is InChI=1S/C24H27N7O3/c1-15-11-30(23(33)34-24(3,4)5)16(2)10-29(15)21-20-18(13-32)12-31(22(20)28-14-27-21)19-8-17(9-25)6-7-26-19/h6-8,12-16H,10-11H2,1-5H3. The normalized spacial score (nSPS) is 18.6. The Kier molecular flexibility index (Phi) is 5.96. The predicted molar refractivity (Wildman–Crippen MR) is 126 cm³/mol. The van der Waals surface area contributed by atoms with E-state index in [-0.39, 0.29) is 18.2 Å². The molecule has 2 atom stereocenters. The summed E-state index contributed by atoms with van der Waals surface area (Å²) in [4.78, 5) is 41.9. The number of carbonyl (C=O) groups is 2. The van der Waals surface area contributed by atoms with E-state index < -0.39 is 5.60 Å². The monoisotopic (exact) mass is 461 g/mol. The van der Waals surface area contributed by atoms with Crippen LogP contribution in [0, 0.1) is 11.3 Å². The molecule has 1 aliphatic heterocycles. The molecule has 176 valence electrons. The molecule has 0 bridgehead atoms. The van der Waals surface area contributed by atoms with Crippen LogP contribution in [0.4, 0.5) is 10.6 Å². The minimum absolute atomic E-state index is 0.0790. The summed E-state index contributed by atoms with van der Waals surface area (Å²) < 4.78 is 7.27. The highest BCUT2D eigenvalue weighted by Crippen LogP contribution is 2.32. The van der Waals surface area contributed by atoms with Gasteiger partial charge in [-0.15, -0.1) is 0 Å². The van der Waals surface area contributed by atoms with Crippen molar-refractivity contribution in [2.24, 2.45) is 0 Å². The first-order valence-electron chi connectivity index (χ1n) is 11.1. The molecule has 0 aromatic carbocycles. The lowest BCUT2D eigenvalue weighted by Gasteiger charge is -2.44. The SMILES string of the molecule is CC1CN(c2ncnc3c2c(C=O)cn3-c2cc(C#N)ccn2)C(C)CN1C(=O)OC(C)(C)C. The van der Waals surface area contributed by atoms with Crippen molar-refractivity contribution in [3.05, 3.63) is 42.0 Å². The summed E-state index contributed by atoms with van der Waals surface area (Å²) in [6.07, 6.45) is 5.08. The van der Waals surface area contributed by atoms with Gasteiger partial charge in [-0.3, -0.25) is 9.36 Å². The highest BCUT2D eigenvalue weighted by molar-refractivity contribution is 6.03. The second-order valence-corrected chi connectivity index (χ2v) is 9.47. The first-order chi connectivity index (χ1) is 16.1. The number of pyridine rings is 1. The molecule has 3 aromatic rings. The number of amides is 1. The lowest BCUT2D eigenvalue weighted by Crippen LogP contribution is -2.59. The first-order valence-corrected chi connectivity index (χ1v) is 11.1. The Morgan fingerprint density at radius 3 is 2.65 bits per heavy atom. The molecule has 4 heterocycles. The molecule has 1 saturated heterocycles. The van der Waals surface area contributed by atoms with Gasteiger partial charge in [0.25, 0.3) is 0 Å². The molecular weight excluding hydrogens is 434 g/mol. The van der Waals surface area contributed by atoms with E-state index in [0.29, 0.717) is 46.9 Å². The van der Waals surface area contributed by atoms with Gasteiger partial charge >= 0.3 is 6.09 Å². The van der Waals surface area contributed by atoms with Crippen LogP contribution in [-0.4, -0.2) is 67.6 Å². The van der Waals surface area contributed by atoms with Crippen molar-refractivity contribution in [3.8, 4) is 11.9 Å².